The van der Waals surface area contributed by atoms with Crippen LogP contribution in [-0.2, 0) is 16.6 Å². The first-order valence-electron chi connectivity index (χ1n) is 12.8. The monoisotopic (exact) mass is 442 g/mol. The highest BCUT2D eigenvalue weighted by Crippen LogP contribution is 2.62. The number of nitrogens with zero attached hydrogens (tertiary/aromatic N) is 2. The van der Waals surface area contributed by atoms with Gasteiger partial charge in [0.15, 0.2) is 5.72 Å². The van der Waals surface area contributed by atoms with Crippen LogP contribution in [-0.4, -0.2) is 9.55 Å². The minimum atomic E-state index is -0.311. The molecule has 1 spiro atoms. The molecule has 1 aliphatic heterocycles. The number of imidazole rings is 1. The lowest BCUT2D eigenvalue weighted by molar-refractivity contribution is -0.00226. The third-order valence-electron chi connectivity index (χ3n) is 10.3. The standard InChI is InChI=1S/C30H38N2O/c1-18(2)19-12-11-13-24-25(19)26-31-22-16-20-21(28(5,6)29(7,8)27(20,3)4)17-23(22)32(26)30(33-24)14-9-10-15-30/h11-13,16-18H,9-10,14-15H2,1-8H3. The van der Waals surface area contributed by atoms with Crippen molar-refractivity contribution in [2.24, 2.45) is 5.41 Å². The summed E-state index contributed by atoms with van der Waals surface area (Å²) in [7, 11) is 0. The average molecular weight is 443 g/mol. The summed E-state index contributed by atoms with van der Waals surface area (Å²) in [5, 5.41) is 0. The summed E-state index contributed by atoms with van der Waals surface area (Å²) >= 11 is 0. The highest BCUT2D eigenvalue weighted by Gasteiger charge is 2.57. The summed E-state index contributed by atoms with van der Waals surface area (Å²) in [5.74, 6) is 2.54. The van der Waals surface area contributed by atoms with Gasteiger partial charge in [0.2, 0.25) is 0 Å². The molecule has 0 amide bonds. The molecular formula is C30H38N2O. The maximum absolute atomic E-state index is 6.94. The van der Waals surface area contributed by atoms with E-state index in [9.17, 15) is 0 Å². The number of rotatable bonds is 1. The first kappa shape index (κ1) is 21.3. The Morgan fingerprint density at radius 1 is 0.909 bits per heavy atom. The van der Waals surface area contributed by atoms with E-state index in [0.29, 0.717) is 5.92 Å². The largest absolute Gasteiger partial charge is 0.467 e. The molecule has 0 saturated heterocycles. The zero-order valence-electron chi connectivity index (χ0n) is 21.6. The van der Waals surface area contributed by atoms with Gasteiger partial charge in [0.1, 0.15) is 11.6 Å². The molecule has 1 aromatic heterocycles. The Hall–Kier alpha value is -2.29. The normalized spacial score (nSPS) is 22.9. The Bertz CT molecular complexity index is 1300. The Kier molecular flexibility index (Phi) is 4.01. The third kappa shape index (κ3) is 2.39. The van der Waals surface area contributed by atoms with Crippen molar-refractivity contribution in [3.8, 4) is 17.1 Å². The van der Waals surface area contributed by atoms with Gasteiger partial charge in [0.25, 0.3) is 0 Å². The van der Waals surface area contributed by atoms with Crippen molar-refractivity contribution >= 4 is 11.0 Å². The van der Waals surface area contributed by atoms with Crippen LogP contribution in [0.25, 0.3) is 22.4 Å². The van der Waals surface area contributed by atoms with Gasteiger partial charge in [-0.1, -0.05) is 67.5 Å². The van der Waals surface area contributed by atoms with E-state index in [2.05, 4.69) is 90.3 Å². The van der Waals surface area contributed by atoms with Gasteiger partial charge < -0.3 is 4.74 Å². The Morgan fingerprint density at radius 3 is 2.18 bits per heavy atom. The summed E-state index contributed by atoms with van der Waals surface area (Å²) < 4.78 is 9.44. The first-order chi connectivity index (χ1) is 15.4. The molecule has 0 atom stereocenters. The molecule has 2 aliphatic carbocycles. The zero-order chi connectivity index (χ0) is 23.6. The third-order valence-corrected chi connectivity index (χ3v) is 10.3. The minimum absolute atomic E-state index is 0.0735. The molecule has 1 fully saturated rings. The van der Waals surface area contributed by atoms with Crippen LogP contribution in [0.3, 0.4) is 0 Å². The summed E-state index contributed by atoms with van der Waals surface area (Å²) in [4.78, 5) is 5.38. The van der Waals surface area contributed by atoms with E-state index in [1.54, 1.807) is 0 Å². The molecule has 0 unspecified atom stereocenters. The minimum Gasteiger partial charge on any atom is -0.467 e. The summed E-state index contributed by atoms with van der Waals surface area (Å²) in [6, 6.07) is 11.4. The van der Waals surface area contributed by atoms with Crippen LogP contribution in [0.5, 0.6) is 5.75 Å². The molecule has 3 aliphatic rings. The molecule has 0 radical (unpaired) electrons. The van der Waals surface area contributed by atoms with Gasteiger partial charge in [-0.15, -0.1) is 0 Å². The average Bonchev–Trinajstić information content (AvgIpc) is 3.38. The fourth-order valence-corrected chi connectivity index (χ4v) is 7.05. The van der Waals surface area contributed by atoms with E-state index in [0.717, 1.165) is 29.9 Å². The van der Waals surface area contributed by atoms with Crippen LogP contribution in [0, 0.1) is 5.41 Å². The fourth-order valence-electron chi connectivity index (χ4n) is 7.05. The second kappa shape index (κ2) is 6.23. The predicted molar refractivity (Wildman–Crippen MR) is 136 cm³/mol. The molecule has 3 nitrogen and oxygen atoms in total. The summed E-state index contributed by atoms with van der Waals surface area (Å²) in [6.07, 6.45) is 4.51. The lowest BCUT2D eigenvalue weighted by atomic mass is 9.59. The van der Waals surface area contributed by atoms with Gasteiger partial charge in [-0.25, -0.2) is 4.98 Å². The topological polar surface area (TPSA) is 27.1 Å². The van der Waals surface area contributed by atoms with Gasteiger partial charge in [-0.3, -0.25) is 4.57 Å². The second-order valence-corrected chi connectivity index (χ2v) is 12.7. The molecule has 174 valence electrons. The van der Waals surface area contributed by atoms with E-state index >= 15 is 0 Å². The molecule has 2 aromatic carbocycles. The van der Waals surface area contributed by atoms with Gasteiger partial charge in [0, 0.05) is 12.8 Å². The smallest absolute Gasteiger partial charge is 0.188 e. The van der Waals surface area contributed by atoms with Crippen LogP contribution in [0.4, 0.5) is 0 Å². The van der Waals surface area contributed by atoms with Crippen molar-refractivity contribution in [2.75, 3.05) is 0 Å². The molecule has 3 aromatic rings. The molecule has 0 bridgehead atoms. The van der Waals surface area contributed by atoms with Crippen molar-refractivity contribution in [1.29, 1.82) is 0 Å². The predicted octanol–water partition coefficient (Wildman–Crippen LogP) is 8.04. The van der Waals surface area contributed by atoms with Gasteiger partial charge in [-0.05, 0) is 69.9 Å². The number of hydrogen-bond donors (Lipinski definition) is 0. The number of benzene rings is 2. The van der Waals surface area contributed by atoms with Gasteiger partial charge in [-0.2, -0.15) is 0 Å². The van der Waals surface area contributed by atoms with E-state index in [1.165, 1.54) is 40.6 Å². The van der Waals surface area contributed by atoms with Crippen molar-refractivity contribution < 1.29 is 4.74 Å². The van der Waals surface area contributed by atoms with E-state index < -0.39 is 0 Å². The Labute approximate surface area is 198 Å². The van der Waals surface area contributed by atoms with E-state index in [-0.39, 0.29) is 22.0 Å². The van der Waals surface area contributed by atoms with E-state index in [4.69, 9.17) is 9.72 Å². The zero-order valence-corrected chi connectivity index (χ0v) is 21.6. The van der Waals surface area contributed by atoms with Crippen LogP contribution in [0.1, 0.15) is 104 Å². The van der Waals surface area contributed by atoms with Crippen LogP contribution in [0.15, 0.2) is 30.3 Å². The maximum Gasteiger partial charge on any atom is 0.188 e. The SMILES string of the molecule is CC(C)c1cccc2c1-c1nc3cc4c(cc3n1C1(CCCC1)O2)C(C)(C)C(C)(C)C4(C)C. The summed E-state index contributed by atoms with van der Waals surface area (Å²) in [6.45, 7) is 19.1. The summed E-state index contributed by atoms with van der Waals surface area (Å²) in [5.41, 5.74) is 7.80. The lowest BCUT2D eigenvalue weighted by Gasteiger charge is -2.44. The fraction of sp³-hybridized carbons (Fsp3) is 0.567. The quantitative estimate of drug-likeness (QED) is 0.381. The molecule has 33 heavy (non-hydrogen) atoms. The Morgan fingerprint density at radius 2 is 1.55 bits per heavy atom. The molecule has 6 rings (SSSR count). The number of aromatic nitrogens is 2. The van der Waals surface area contributed by atoms with Crippen molar-refractivity contribution in [3.63, 3.8) is 0 Å². The van der Waals surface area contributed by atoms with Gasteiger partial charge in [0.05, 0.1) is 16.6 Å². The number of ether oxygens (including phenoxy) is 1. The molecule has 3 heteroatoms. The second-order valence-electron chi connectivity index (χ2n) is 12.7. The molecule has 2 heterocycles. The lowest BCUT2D eigenvalue weighted by Crippen LogP contribution is -2.42. The highest BCUT2D eigenvalue weighted by atomic mass is 16.5. The highest BCUT2D eigenvalue weighted by molar-refractivity contribution is 5.87. The van der Waals surface area contributed by atoms with Crippen molar-refractivity contribution in [2.45, 2.75) is 104 Å². The van der Waals surface area contributed by atoms with Crippen LogP contribution < -0.4 is 4.74 Å². The maximum atomic E-state index is 6.94. The van der Waals surface area contributed by atoms with Crippen molar-refractivity contribution in [1.82, 2.24) is 9.55 Å². The first-order valence-corrected chi connectivity index (χ1v) is 12.8. The van der Waals surface area contributed by atoms with Crippen LogP contribution in [0.2, 0.25) is 0 Å². The molecule has 0 N–H and O–H groups in total. The Balaban J connectivity index is 1.72. The van der Waals surface area contributed by atoms with Crippen LogP contribution >= 0.6 is 0 Å². The van der Waals surface area contributed by atoms with Crippen molar-refractivity contribution in [3.05, 3.63) is 47.0 Å². The molecule has 1 saturated carbocycles. The molecular weight excluding hydrogens is 404 g/mol. The van der Waals surface area contributed by atoms with E-state index in [1.807, 2.05) is 0 Å². The van der Waals surface area contributed by atoms with Gasteiger partial charge >= 0.3 is 0 Å². The number of hydrogen-bond acceptors (Lipinski definition) is 2. The number of fused-ring (bicyclic) bond motifs is 7.